The summed E-state index contributed by atoms with van der Waals surface area (Å²) in [4.78, 5) is 16.2. The lowest BCUT2D eigenvalue weighted by molar-refractivity contribution is -0.119. The molecule has 0 radical (unpaired) electrons. The Labute approximate surface area is 134 Å². The highest BCUT2D eigenvalue weighted by Crippen LogP contribution is 2.42. The Morgan fingerprint density at radius 1 is 1.14 bits per heavy atom. The molecule has 1 amide bonds. The molecule has 6 nitrogen and oxygen atoms in total. The maximum absolute atomic E-state index is 12.6. The molecule has 0 N–H and O–H groups in total. The van der Waals surface area contributed by atoms with Crippen molar-refractivity contribution in [1.29, 1.82) is 0 Å². The summed E-state index contributed by atoms with van der Waals surface area (Å²) in [6.07, 6.45) is 1.85. The highest BCUT2D eigenvalue weighted by atomic mass is 32.1. The summed E-state index contributed by atoms with van der Waals surface area (Å²) in [6.45, 7) is 0.830. The van der Waals surface area contributed by atoms with Gasteiger partial charge in [-0.1, -0.05) is 0 Å². The molecule has 0 aliphatic carbocycles. The van der Waals surface area contributed by atoms with E-state index in [4.69, 9.17) is 26.4 Å². The Bertz CT molecular complexity index is 587. The van der Waals surface area contributed by atoms with Crippen LogP contribution in [0.3, 0.4) is 0 Å². The van der Waals surface area contributed by atoms with Crippen LogP contribution in [0.5, 0.6) is 17.2 Å². The molecule has 2 aliphatic heterocycles. The van der Waals surface area contributed by atoms with E-state index >= 15 is 0 Å². The predicted molar refractivity (Wildman–Crippen MR) is 85.9 cm³/mol. The van der Waals surface area contributed by atoms with Gasteiger partial charge in [-0.2, -0.15) is 0 Å². The molecule has 0 spiro atoms. The average molecular weight is 322 g/mol. The molecule has 0 aromatic heterocycles. The third-order valence-corrected chi connectivity index (χ3v) is 4.52. The number of amides is 1. The van der Waals surface area contributed by atoms with E-state index in [1.165, 1.54) is 0 Å². The molecule has 1 unspecified atom stereocenters. The minimum atomic E-state index is -0.133. The lowest BCUT2D eigenvalue weighted by Crippen LogP contribution is -2.32. The molecule has 22 heavy (non-hydrogen) atoms. The van der Waals surface area contributed by atoms with Crippen molar-refractivity contribution in [2.24, 2.45) is 0 Å². The van der Waals surface area contributed by atoms with Crippen LogP contribution in [0, 0.1) is 0 Å². The molecule has 3 rings (SSSR count). The van der Waals surface area contributed by atoms with Crippen molar-refractivity contribution in [1.82, 2.24) is 4.90 Å². The van der Waals surface area contributed by atoms with Gasteiger partial charge in [0.25, 0.3) is 5.91 Å². The minimum Gasteiger partial charge on any atom is -0.493 e. The van der Waals surface area contributed by atoms with Gasteiger partial charge >= 0.3 is 0 Å². The van der Waals surface area contributed by atoms with Crippen LogP contribution >= 0.6 is 12.2 Å². The maximum atomic E-state index is 12.6. The second-order valence-corrected chi connectivity index (χ2v) is 5.56. The number of nitrogens with zero attached hydrogens (tertiary/aromatic N) is 2. The first kappa shape index (κ1) is 14.9. The molecule has 7 heteroatoms. The Morgan fingerprint density at radius 2 is 1.77 bits per heavy atom. The second-order valence-electron chi connectivity index (χ2n) is 5.19. The van der Waals surface area contributed by atoms with Gasteiger partial charge in [0.15, 0.2) is 16.6 Å². The van der Waals surface area contributed by atoms with E-state index in [1.54, 1.807) is 38.4 Å². The number of anilines is 1. The SMILES string of the molecule is COc1cc(N2C(=O)C3CCCN3C2=S)cc(OC)c1OC. The number of hydrogen-bond donors (Lipinski definition) is 0. The topological polar surface area (TPSA) is 51.2 Å². The third-order valence-electron chi connectivity index (χ3n) is 4.10. The Kier molecular flexibility index (Phi) is 3.82. The average Bonchev–Trinajstić information content (AvgIpc) is 3.10. The Hall–Kier alpha value is -2.02. The normalized spacial score (nSPS) is 20.4. The summed E-state index contributed by atoms with van der Waals surface area (Å²) in [5.74, 6) is 1.50. The van der Waals surface area contributed by atoms with Crippen LogP contribution in [-0.4, -0.2) is 49.8 Å². The molecule has 2 fully saturated rings. The first-order valence-electron chi connectivity index (χ1n) is 7.07. The fourth-order valence-electron chi connectivity index (χ4n) is 3.06. The van der Waals surface area contributed by atoms with E-state index in [9.17, 15) is 4.79 Å². The quantitative estimate of drug-likeness (QED) is 0.788. The number of benzene rings is 1. The standard InChI is InChI=1S/C15H18N2O4S/c1-19-11-7-9(8-12(20-2)13(11)21-3)17-14(18)10-5-4-6-16(10)15(17)22/h7-8,10H,4-6H2,1-3H3. The van der Waals surface area contributed by atoms with E-state index < -0.39 is 0 Å². The van der Waals surface area contributed by atoms with Gasteiger partial charge in [0.05, 0.1) is 27.0 Å². The number of thiocarbonyl (C=S) groups is 1. The number of fused-ring (bicyclic) bond motifs is 1. The van der Waals surface area contributed by atoms with Gasteiger partial charge in [-0.05, 0) is 25.1 Å². The summed E-state index contributed by atoms with van der Waals surface area (Å²) in [7, 11) is 4.63. The van der Waals surface area contributed by atoms with Crippen LogP contribution in [0.4, 0.5) is 5.69 Å². The third kappa shape index (κ3) is 2.08. The summed E-state index contributed by atoms with van der Waals surface area (Å²) < 4.78 is 16.0. The zero-order valence-corrected chi connectivity index (χ0v) is 13.6. The lowest BCUT2D eigenvalue weighted by atomic mass is 10.2. The first-order chi connectivity index (χ1) is 10.6. The fraction of sp³-hybridized carbons (Fsp3) is 0.467. The minimum absolute atomic E-state index is 0.0109. The van der Waals surface area contributed by atoms with Gasteiger partial charge < -0.3 is 19.1 Å². The van der Waals surface area contributed by atoms with Crippen LogP contribution in [-0.2, 0) is 4.79 Å². The van der Waals surface area contributed by atoms with Crippen LogP contribution in [0.2, 0.25) is 0 Å². The molecule has 118 valence electrons. The highest BCUT2D eigenvalue weighted by Gasteiger charge is 2.45. The van der Waals surface area contributed by atoms with E-state index in [-0.39, 0.29) is 11.9 Å². The van der Waals surface area contributed by atoms with Crippen molar-refractivity contribution in [3.63, 3.8) is 0 Å². The van der Waals surface area contributed by atoms with E-state index in [1.807, 2.05) is 4.90 Å². The van der Waals surface area contributed by atoms with Crippen molar-refractivity contribution in [2.75, 3.05) is 32.8 Å². The van der Waals surface area contributed by atoms with Gasteiger partial charge in [-0.3, -0.25) is 9.69 Å². The largest absolute Gasteiger partial charge is 0.493 e. The number of carbonyl (C=O) groups is 1. The second kappa shape index (κ2) is 5.64. The first-order valence-corrected chi connectivity index (χ1v) is 7.47. The molecule has 2 aliphatic rings. The number of ether oxygens (including phenoxy) is 3. The van der Waals surface area contributed by atoms with Gasteiger partial charge in [-0.15, -0.1) is 0 Å². The van der Waals surface area contributed by atoms with Crippen molar-refractivity contribution in [2.45, 2.75) is 18.9 Å². The smallest absolute Gasteiger partial charge is 0.256 e. The van der Waals surface area contributed by atoms with Crippen LogP contribution in [0.25, 0.3) is 0 Å². The van der Waals surface area contributed by atoms with Crippen LogP contribution in [0.15, 0.2) is 12.1 Å². The molecular weight excluding hydrogens is 304 g/mol. The number of carbonyl (C=O) groups excluding carboxylic acids is 1. The molecule has 1 aromatic carbocycles. The van der Waals surface area contributed by atoms with Crippen molar-refractivity contribution in [3.8, 4) is 17.2 Å². The van der Waals surface area contributed by atoms with Crippen molar-refractivity contribution >= 4 is 28.9 Å². The summed E-state index contributed by atoms with van der Waals surface area (Å²) in [5.41, 5.74) is 0.638. The van der Waals surface area contributed by atoms with Gasteiger partial charge in [-0.25, -0.2) is 0 Å². The van der Waals surface area contributed by atoms with Crippen molar-refractivity contribution < 1.29 is 19.0 Å². The highest BCUT2D eigenvalue weighted by molar-refractivity contribution is 7.80. The van der Waals surface area contributed by atoms with E-state index in [2.05, 4.69) is 0 Å². The van der Waals surface area contributed by atoms with Crippen LogP contribution in [0.1, 0.15) is 12.8 Å². The van der Waals surface area contributed by atoms with Gasteiger partial charge in [0, 0.05) is 18.7 Å². The Balaban J connectivity index is 2.05. The zero-order chi connectivity index (χ0) is 15.9. The number of hydrogen-bond acceptors (Lipinski definition) is 5. The monoisotopic (exact) mass is 322 g/mol. The van der Waals surface area contributed by atoms with E-state index in [0.717, 1.165) is 19.4 Å². The molecule has 2 saturated heterocycles. The lowest BCUT2D eigenvalue weighted by Gasteiger charge is -2.21. The number of methoxy groups -OCH3 is 3. The van der Waals surface area contributed by atoms with Gasteiger partial charge in [0.1, 0.15) is 6.04 Å². The van der Waals surface area contributed by atoms with Crippen molar-refractivity contribution in [3.05, 3.63) is 12.1 Å². The number of rotatable bonds is 4. The maximum Gasteiger partial charge on any atom is 0.256 e. The molecule has 2 heterocycles. The van der Waals surface area contributed by atoms with Gasteiger partial charge in [0.2, 0.25) is 5.75 Å². The summed E-state index contributed by atoms with van der Waals surface area (Å²) >= 11 is 5.48. The zero-order valence-electron chi connectivity index (χ0n) is 12.8. The molecule has 0 saturated carbocycles. The molecule has 0 bridgehead atoms. The molecule has 1 atom stereocenters. The Morgan fingerprint density at radius 3 is 2.27 bits per heavy atom. The summed E-state index contributed by atoms with van der Waals surface area (Å²) in [6, 6.07) is 3.35. The van der Waals surface area contributed by atoms with E-state index in [0.29, 0.717) is 28.0 Å². The predicted octanol–water partition coefficient (Wildman–Crippen LogP) is 1.81. The summed E-state index contributed by atoms with van der Waals surface area (Å²) in [5, 5.41) is 0.543. The fourth-order valence-corrected chi connectivity index (χ4v) is 3.47. The molecule has 1 aromatic rings. The molecular formula is C15H18N2O4S. The van der Waals surface area contributed by atoms with Crippen LogP contribution < -0.4 is 19.1 Å².